The quantitative estimate of drug-likeness (QED) is 0.551. The predicted molar refractivity (Wildman–Crippen MR) is 149 cm³/mol. The number of rotatable bonds is 6. The number of likely N-dealkylation sites (N-methyl/N-ethyl adjacent to an activating group) is 1. The maximum Gasteiger partial charge on any atom is 0.251 e. The molecule has 4 fully saturated rings. The first-order valence-electron chi connectivity index (χ1n) is 13.9. The Labute approximate surface area is 232 Å². The maximum absolute atomic E-state index is 13.8. The summed E-state index contributed by atoms with van der Waals surface area (Å²) in [5.41, 5.74) is 8.53. The molecule has 4 aliphatic rings. The van der Waals surface area contributed by atoms with Gasteiger partial charge >= 0.3 is 0 Å². The molecule has 0 radical (unpaired) electrons. The molecule has 4 heterocycles. The molecular formula is C28H36N6O4S. The molecule has 4 atom stereocenters. The molecule has 10 nitrogen and oxygen atoms in total. The minimum Gasteiger partial charge on any atom is -0.366 e. The first kappa shape index (κ1) is 26.4. The maximum atomic E-state index is 13.8. The number of Topliss-reactive ketones (excluding diaryl/α,β-unsaturated/α-hetero) is 1. The van der Waals surface area contributed by atoms with Crippen molar-refractivity contribution in [3.63, 3.8) is 0 Å². The monoisotopic (exact) mass is 552 g/mol. The van der Waals surface area contributed by atoms with Crippen molar-refractivity contribution in [1.29, 1.82) is 0 Å². The molecule has 0 unspecified atom stereocenters. The van der Waals surface area contributed by atoms with E-state index in [4.69, 9.17) is 15.5 Å². The normalized spacial score (nSPS) is 26.7. The molecule has 6 rings (SSSR count). The Morgan fingerprint density at radius 3 is 2.56 bits per heavy atom. The highest BCUT2D eigenvalue weighted by Crippen LogP contribution is 2.33. The Bertz CT molecular complexity index is 1220. The SMILES string of the molecule is CN1CCN(c2nc(-c3ccc(C(=O)N[C@H](C(=O)N4C[C@H](N)[C@@H]5OCC(=O)[C@H]54)C4CCCC4)cc3)cs2)CC1. The van der Waals surface area contributed by atoms with E-state index in [2.05, 4.69) is 27.5 Å². The third kappa shape index (κ3) is 5.20. The van der Waals surface area contributed by atoms with Gasteiger partial charge in [0.2, 0.25) is 5.91 Å². The number of fused-ring (bicyclic) bond motifs is 1. The van der Waals surface area contributed by atoms with Crippen LogP contribution >= 0.6 is 11.3 Å². The van der Waals surface area contributed by atoms with Gasteiger partial charge in [-0.15, -0.1) is 11.3 Å². The lowest BCUT2D eigenvalue weighted by molar-refractivity contribution is -0.139. The smallest absolute Gasteiger partial charge is 0.251 e. The summed E-state index contributed by atoms with van der Waals surface area (Å²) < 4.78 is 5.56. The second-order valence-electron chi connectivity index (χ2n) is 11.2. The van der Waals surface area contributed by atoms with Gasteiger partial charge in [-0.3, -0.25) is 14.4 Å². The van der Waals surface area contributed by atoms with E-state index in [1.807, 2.05) is 12.1 Å². The molecule has 2 amide bonds. The summed E-state index contributed by atoms with van der Waals surface area (Å²) in [5.74, 6) is -0.604. The number of nitrogens with two attached hydrogens (primary N) is 1. The zero-order valence-electron chi connectivity index (χ0n) is 22.3. The van der Waals surface area contributed by atoms with E-state index in [0.29, 0.717) is 5.56 Å². The summed E-state index contributed by atoms with van der Waals surface area (Å²) >= 11 is 1.64. The number of ketones is 1. The summed E-state index contributed by atoms with van der Waals surface area (Å²) in [6.07, 6.45) is 3.32. The van der Waals surface area contributed by atoms with Gasteiger partial charge in [0.05, 0.1) is 11.7 Å². The van der Waals surface area contributed by atoms with Crippen molar-refractivity contribution in [1.82, 2.24) is 20.1 Å². The number of hydrogen-bond donors (Lipinski definition) is 2. The molecule has 1 aromatic heterocycles. The standard InChI is InChI=1S/C28H36N6O4S/c1-32-10-12-33(13-11-32)28-30-21(16-39-28)17-6-8-19(9-7-17)26(36)31-23(18-4-2-3-5-18)27(37)34-14-20(29)25-24(34)22(35)15-38-25/h6-9,16,18,20,23-25H,2-5,10-15,29H2,1H3,(H,31,36)/t20-,23-,24+,25-/m0/s1. The van der Waals surface area contributed by atoms with Crippen LogP contribution in [0.1, 0.15) is 36.0 Å². The molecule has 3 N–H and O–H groups in total. The van der Waals surface area contributed by atoms with E-state index in [1.165, 1.54) is 0 Å². The van der Waals surface area contributed by atoms with Crippen LogP contribution in [0, 0.1) is 5.92 Å². The number of thiazole rings is 1. The summed E-state index contributed by atoms with van der Waals surface area (Å²) in [4.78, 5) is 50.6. The minimum atomic E-state index is -0.691. The van der Waals surface area contributed by atoms with Gasteiger partial charge in [0, 0.05) is 49.2 Å². The number of carbonyl (C=O) groups is 3. The fourth-order valence-electron chi connectivity index (χ4n) is 6.33. The van der Waals surface area contributed by atoms with E-state index in [9.17, 15) is 14.4 Å². The Morgan fingerprint density at radius 2 is 1.85 bits per heavy atom. The number of nitrogens with zero attached hydrogens (tertiary/aromatic N) is 4. The topological polar surface area (TPSA) is 121 Å². The molecule has 1 aromatic carbocycles. The van der Waals surface area contributed by atoms with E-state index in [0.717, 1.165) is 68.3 Å². The zero-order valence-corrected chi connectivity index (χ0v) is 23.1. The Balaban J connectivity index is 1.15. The molecule has 3 saturated heterocycles. The van der Waals surface area contributed by atoms with Gasteiger partial charge in [-0.05, 0) is 37.9 Å². The Hall–Kier alpha value is -2.86. The second-order valence-corrected chi connectivity index (χ2v) is 12.1. The van der Waals surface area contributed by atoms with Gasteiger partial charge in [0.25, 0.3) is 5.91 Å². The van der Waals surface area contributed by atoms with E-state index >= 15 is 0 Å². The van der Waals surface area contributed by atoms with Crippen LogP contribution in [0.2, 0.25) is 0 Å². The summed E-state index contributed by atoms with van der Waals surface area (Å²) in [6, 6.07) is 5.63. The zero-order chi connectivity index (χ0) is 27.1. The lowest BCUT2D eigenvalue weighted by Gasteiger charge is -2.32. The van der Waals surface area contributed by atoms with Gasteiger partial charge < -0.3 is 30.5 Å². The number of piperazine rings is 1. The number of hydrogen-bond acceptors (Lipinski definition) is 9. The lowest BCUT2D eigenvalue weighted by atomic mass is 9.95. The largest absolute Gasteiger partial charge is 0.366 e. The molecule has 11 heteroatoms. The van der Waals surface area contributed by atoms with Crippen LogP contribution in [-0.2, 0) is 14.3 Å². The van der Waals surface area contributed by atoms with Crippen molar-refractivity contribution in [3.8, 4) is 11.3 Å². The third-order valence-electron chi connectivity index (χ3n) is 8.64. The number of aromatic nitrogens is 1. The number of amides is 2. The van der Waals surface area contributed by atoms with Crippen LogP contribution < -0.4 is 16.0 Å². The first-order chi connectivity index (χ1) is 18.9. The average Bonchev–Trinajstić information content (AvgIpc) is 3.75. The van der Waals surface area contributed by atoms with Crippen molar-refractivity contribution < 1.29 is 19.1 Å². The molecule has 39 heavy (non-hydrogen) atoms. The van der Waals surface area contributed by atoms with Crippen LogP contribution in [0.25, 0.3) is 11.3 Å². The van der Waals surface area contributed by atoms with Crippen LogP contribution in [0.15, 0.2) is 29.6 Å². The van der Waals surface area contributed by atoms with Crippen LogP contribution in [0.3, 0.4) is 0 Å². The van der Waals surface area contributed by atoms with Crippen LogP contribution in [0.5, 0.6) is 0 Å². The number of carbonyl (C=O) groups excluding carboxylic acids is 3. The summed E-state index contributed by atoms with van der Waals surface area (Å²) in [5, 5.41) is 6.10. The van der Waals surface area contributed by atoms with Crippen molar-refractivity contribution >= 4 is 34.1 Å². The molecule has 0 spiro atoms. The van der Waals surface area contributed by atoms with Crippen LogP contribution in [0.4, 0.5) is 5.13 Å². The number of benzene rings is 1. The molecule has 208 valence electrons. The van der Waals surface area contributed by atoms with Gasteiger partial charge in [-0.2, -0.15) is 0 Å². The Morgan fingerprint density at radius 1 is 1.13 bits per heavy atom. The number of anilines is 1. The van der Waals surface area contributed by atoms with E-state index in [1.54, 1.807) is 28.4 Å². The van der Waals surface area contributed by atoms with E-state index in [-0.39, 0.29) is 36.7 Å². The molecular weight excluding hydrogens is 516 g/mol. The number of likely N-dealkylation sites (tertiary alicyclic amines) is 1. The van der Waals surface area contributed by atoms with Crippen molar-refractivity contribution in [3.05, 3.63) is 35.2 Å². The second kappa shape index (κ2) is 11.0. The summed E-state index contributed by atoms with van der Waals surface area (Å²) in [7, 11) is 2.14. The predicted octanol–water partition coefficient (Wildman–Crippen LogP) is 1.36. The molecule has 0 bridgehead atoms. The Kier molecular flexibility index (Phi) is 7.41. The molecule has 1 aliphatic carbocycles. The molecule has 2 aromatic rings. The van der Waals surface area contributed by atoms with E-state index < -0.39 is 24.2 Å². The molecule has 3 aliphatic heterocycles. The lowest BCUT2D eigenvalue weighted by Crippen LogP contribution is -2.54. The van der Waals surface area contributed by atoms with Crippen molar-refractivity contribution in [2.45, 2.75) is 49.9 Å². The minimum absolute atomic E-state index is 0.0184. The number of ether oxygens (including phenoxy) is 1. The van der Waals surface area contributed by atoms with Gasteiger partial charge in [-0.1, -0.05) is 25.0 Å². The highest BCUT2D eigenvalue weighted by atomic mass is 32.1. The van der Waals surface area contributed by atoms with Crippen molar-refractivity contribution in [2.24, 2.45) is 11.7 Å². The van der Waals surface area contributed by atoms with Gasteiger partial charge in [0.1, 0.15) is 24.8 Å². The fourth-order valence-corrected chi connectivity index (χ4v) is 7.21. The third-order valence-corrected chi connectivity index (χ3v) is 9.54. The van der Waals surface area contributed by atoms with Crippen LogP contribution in [-0.4, -0.2) is 103 Å². The summed E-state index contributed by atoms with van der Waals surface area (Å²) in [6.45, 7) is 4.23. The molecule has 1 saturated carbocycles. The number of nitrogens with one attached hydrogen (secondary N) is 1. The first-order valence-corrected chi connectivity index (χ1v) is 14.8. The van der Waals surface area contributed by atoms with Gasteiger partial charge in [0.15, 0.2) is 10.9 Å². The average molecular weight is 553 g/mol. The highest BCUT2D eigenvalue weighted by molar-refractivity contribution is 7.14. The fraction of sp³-hybridized carbons (Fsp3) is 0.571. The van der Waals surface area contributed by atoms with Crippen molar-refractivity contribution in [2.75, 3.05) is 51.3 Å². The van der Waals surface area contributed by atoms with Gasteiger partial charge in [-0.25, -0.2) is 4.98 Å². The highest BCUT2D eigenvalue weighted by Gasteiger charge is 2.52.